The van der Waals surface area contributed by atoms with E-state index >= 15 is 0 Å². The standard InChI is InChI=1S/C12H18O2/c1-5-10-7-9(13)8-11(14-10)12(3,4)6-2/h7-8H,5-6H2,1-4H3. The van der Waals surface area contributed by atoms with Gasteiger partial charge in [0.25, 0.3) is 0 Å². The van der Waals surface area contributed by atoms with Gasteiger partial charge in [-0.15, -0.1) is 0 Å². The van der Waals surface area contributed by atoms with Crippen molar-refractivity contribution in [2.45, 2.75) is 46.0 Å². The minimum atomic E-state index is -0.0513. The number of hydrogen-bond donors (Lipinski definition) is 0. The zero-order valence-electron chi connectivity index (χ0n) is 9.39. The van der Waals surface area contributed by atoms with Crippen molar-refractivity contribution in [1.82, 2.24) is 0 Å². The first-order valence-corrected chi connectivity index (χ1v) is 5.14. The zero-order chi connectivity index (χ0) is 10.8. The van der Waals surface area contributed by atoms with Crippen LogP contribution in [-0.4, -0.2) is 0 Å². The summed E-state index contributed by atoms with van der Waals surface area (Å²) in [7, 11) is 0. The maximum atomic E-state index is 11.4. The van der Waals surface area contributed by atoms with E-state index in [9.17, 15) is 4.79 Å². The largest absolute Gasteiger partial charge is 0.465 e. The van der Waals surface area contributed by atoms with Crippen LogP contribution in [0.15, 0.2) is 21.3 Å². The summed E-state index contributed by atoms with van der Waals surface area (Å²) in [6.07, 6.45) is 1.73. The molecule has 78 valence electrons. The molecule has 2 nitrogen and oxygen atoms in total. The molecule has 2 heteroatoms. The van der Waals surface area contributed by atoms with Gasteiger partial charge in [-0.2, -0.15) is 0 Å². The molecule has 0 aliphatic rings. The summed E-state index contributed by atoms with van der Waals surface area (Å²) < 4.78 is 5.66. The Balaban J connectivity index is 3.22. The molecule has 0 aromatic carbocycles. The topological polar surface area (TPSA) is 30.2 Å². The molecule has 1 aromatic heterocycles. The Kier molecular flexibility index (Phi) is 3.14. The van der Waals surface area contributed by atoms with Gasteiger partial charge in [0.15, 0.2) is 5.43 Å². The van der Waals surface area contributed by atoms with Crippen LogP contribution in [-0.2, 0) is 11.8 Å². The first-order chi connectivity index (χ1) is 6.49. The minimum absolute atomic E-state index is 0.0459. The van der Waals surface area contributed by atoms with Crippen LogP contribution in [0.4, 0.5) is 0 Å². The maximum absolute atomic E-state index is 11.4. The highest BCUT2D eigenvalue weighted by Gasteiger charge is 2.21. The summed E-state index contributed by atoms with van der Waals surface area (Å²) in [5.41, 5.74) is -0.00530. The molecule has 0 N–H and O–H groups in total. The van der Waals surface area contributed by atoms with Crippen molar-refractivity contribution < 1.29 is 4.42 Å². The van der Waals surface area contributed by atoms with E-state index in [-0.39, 0.29) is 10.8 Å². The molecular formula is C12H18O2. The lowest BCUT2D eigenvalue weighted by atomic mass is 9.87. The lowest BCUT2D eigenvalue weighted by molar-refractivity contribution is 0.346. The molecule has 0 aliphatic heterocycles. The van der Waals surface area contributed by atoms with Gasteiger partial charge in [-0.05, 0) is 6.42 Å². The Labute approximate surface area is 85.0 Å². The first-order valence-electron chi connectivity index (χ1n) is 5.14. The lowest BCUT2D eigenvalue weighted by Gasteiger charge is -2.21. The molecule has 0 saturated heterocycles. The van der Waals surface area contributed by atoms with Crippen LogP contribution in [0.3, 0.4) is 0 Å². The zero-order valence-corrected chi connectivity index (χ0v) is 9.39. The van der Waals surface area contributed by atoms with Gasteiger partial charge in [-0.1, -0.05) is 27.7 Å². The molecule has 0 unspecified atom stereocenters. The SMILES string of the molecule is CCc1cc(=O)cc(C(C)(C)CC)o1. The van der Waals surface area contributed by atoms with E-state index in [4.69, 9.17) is 4.42 Å². The summed E-state index contributed by atoms with van der Waals surface area (Å²) in [6, 6.07) is 3.16. The molecule has 0 aliphatic carbocycles. The van der Waals surface area contributed by atoms with Crippen LogP contribution in [0.1, 0.15) is 45.6 Å². The second-order valence-electron chi connectivity index (χ2n) is 4.21. The van der Waals surface area contributed by atoms with Gasteiger partial charge in [0.1, 0.15) is 11.5 Å². The van der Waals surface area contributed by atoms with Crippen LogP contribution < -0.4 is 5.43 Å². The van der Waals surface area contributed by atoms with Gasteiger partial charge in [0, 0.05) is 24.0 Å². The highest BCUT2D eigenvalue weighted by Crippen LogP contribution is 2.26. The third-order valence-corrected chi connectivity index (χ3v) is 2.72. The van der Waals surface area contributed by atoms with Crippen molar-refractivity contribution >= 4 is 0 Å². The van der Waals surface area contributed by atoms with Crippen molar-refractivity contribution in [1.29, 1.82) is 0 Å². The Morgan fingerprint density at radius 3 is 2.43 bits per heavy atom. The fourth-order valence-electron chi connectivity index (χ4n) is 1.21. The van der Waals surface area contributed by atoms with E-state index in [2.05, 4.69) is 20.8 Å². The second-order valence-corrected chi connectivity index (χ2v) is 4.21. The van der Waals surface area contributed by atoms with Crippen LogP contribution in [0.25, 0.3) is 0 Å². The Bertz CT molecular complexity index is 361. The normalized spacial score (nSPS) is 11.7. The minimum Gasteiger partial charge on any atom is -0.465 e. The third-order valence-electron chi connectivity index (χ3n) is 2.72. The predicted octanol–water partition coefficient (Wildman–Crippen LogP) is 2.89. The van der Waals surface area contributed by atoms with Crippen molar-refractivity contribution in [2.75, 3.05) is 0 Å². The number of aryl methyl sites for hydroxylation is 1. The summed E-state index contributed by atoms with van der Waals surface area (Å²) in [6.45, 7) is 8.26. The quantitative estimate of drug-likeness (QED) is 0.740. The number of rotatable bonds is 3. The highest BCUT2D eigenvalue weighted by molar-refractivity contribution is 5.13. The van der Waals surface area contributed by atoms with Gasteiger partial charge in [0.2, 0.25) is 0 Å². The fourth-order valence-corrected chi connectivity index (χ4v) is 1.21. The van der Waals surface area contributed by atoms with Crippen molar-refractivity contribution in [3.05, 3.63) is 33.9 Å². The van der Waals surface area contributed by atoms with E-state index in [0.29, 0.717) is 0 Å². The van der Waals surface area contributed by atoms with E-state index in [1.807, 2.05) is 6.92 Å². The average molecular weight is 194 g/mol. The molecule has 0 fully saturated rings. The molecule has 0 amide bonds. The lowest BCUT2D eigenvalue weighted by Crippen LogP contribution is -2.18. The van der Waals surface area contributed by atoms with Gasteiger partial charge in [0.05, 0.1) is 0 Å². The van der Waals surface area contributed by atoms with Gasteiger partial charge < -0.3 is 4.42 Å². The second kappa shape index (κ2) is 3.99. The molecule has 0 atom stereocenters. The molecule has 0 bridgehead atoms. The van der Waals surface area contributed by atoms with Gasteiger partial charge >= 0.3 is 0 Å². The van der Waals surface area contributed by atoms with E-state index in [1.54, 1.807) is 12.1 Å². The molecular weight excluding hydrogens is 176 g/mol. The van der Waals surface area contributed by atoms with Crippen molar-refractivity contribution in [3.8, 4) is 0 Å². The molecule has 1 rings (SSSR count). The first kappa shape index (κ1) is 11.0. The Morgan fingerprint density at radius 1 is 1.29 bits per heavy atom. The molecule has 1 heterocycles. The Morgan fingerprint density at radius 2 is 1.93 bits per heavy atom. The summed E-state index contributed by atoms with van der Waals surface area (Å²) in [5, 5.41) is 0. The van der Waals surface area contributed by atoms with E-state index in [1.165, 1.54) is 0 Å². The van der Waals surface area contributed by atoms with Crippen molar-refractivity contribution in [3.63, 3.8) is 0 Å². The van der Waals surface area contributed by atoms with Crippen LogP contribution >= 0.6 is 0 Å². The average Bonchev–Trinajstić information content (AvgIpc) is 2.16. The van der Waals surface area contributed by atoms with Crippen LogP contribution in [0.2, 0.25) is 0 Å². The highest BCUT2D eigenvalue weighted by atomic mass is 16.3. The van der Waals surface area contributed by atoms with Gasteiger partial charge in [-0.3, -0.25) is 4.79 Å². The molecule has 14 heavy (non-hydrogen) atoms. The third kappa shape index (κ3) is 2.25. The van der Waals surface area contributed by atoms with E-state index in [0.717, 1.165) is 24.4 Å². The molecule has 0 saturated carbocycles. The smallest absolute Gasteiger partial charge is 0.185 e. The van der Waals surface area contributed by atoms with Gasteiger partial charge in [-0.25, -0.2) is 0 Å². The van der Waals surface area contributed by atoms with Crippen LogP contribution in [0, 0.1) is 0 Å². The monoisotopic (exact) mass is 194 g/mol. The predicted molar refractivity (Wildman–Crippen MR) is 57.7 cm³/mol. The Hall–Kier alpha value is -1.05. The number of hydrogen-bond acceptors (Lipinski definition) is 2. The van der Waals surface area contributed by atoms with Crippen LogP contribution in [0.5, 0.6) is 0 Å². The van der Waals surface area contributed by atoms with E-state index < -0.39 is 0 Å². The molecule has 1 aromatic rings. The summed E-state index contributed by atoms with van der Waals surface area (Å²) in [5.74, 6) is 1.57. The summed E-state index contributed by atoms with van der Waals surface area (Å²) >= 11 is 0. The summed E-state index contributed by atoms with van der Waals surface area (Å²) in [4.78, 5) is 11.4. The maximum Gasteiger partial charge on any atom is 0.185 e. The van der Waals surface area contributed by atoms with Crippen molar-refractivity contribution in [2.24, 2.45) is 0 Å². The molecule has 0 radical (unpaired) electrons. The fraction of sp³-hybridized carbons (Fsp3) is 0.583. The molecule has 0 spiro atoms.